The maximum absolute atomic E-state index is 13.7. The highest BCUT2D eigenvalue weighted by Crippen LogP contribution is 2.25. The minimum atomic E-state index is -3.75. The minimum Gasteiger partial charge on any atom is -0.352 e. The summed E-state index contributed by atoms with van der Waals surface area (Å²) >= 11 is 0. The van der Waals surface area contributed by atoms with Gasteiger partial charge in [0, 0.05) is 12.6 Å². The van der Waals surface area contributed by atoms with E-state index in [-0.39, 0.29) is 25.0 Å². The predicted octanol–water partition coefficient (Wildman–Crippen LogP) is 3.71. The molecule has 0 saturated carbocycles. The number of nitrogens with one attached hydrogen (secondary N) is 1. The van der Waals surface area contributed by atoms with Crippen molar-refractivity contribution in [1.29, 1.82) is 0 Å². The van der Waals surface area contributed by atoms with Crippen molar-refractivity contribution in [1.82, 2.24) is 10.2 Å². The van der Waals surface area contributed by atoms with Gasteiger partial charge in [0.05, 0.1) is 11.9 Å². The van der Waals surface area contributed by atoms with Crippen LogP contribution in [0.1, 0.15) is 49.4 Å². The molecule has 2 aromatic carbocycles. The van der Waals surface area contributed by atoms with E-state index in [4.69, 9.17) is 0 Å². The average Bonchev–Trinajstić information content (AvgIpc) is 2.73. The molecule has 0 fully saturated rings. The lowest BCUT2D eigenvalue weighted by Crippen LogP contribution is -2.53. The molecule has 0 aliphatic rings. The Morgan fingerprint density at radius 3 is 2.21 bits per heavy atom. The zero-order valence-electron chi connectivity index (χ0n) is 21.3. The quantitative estimate of drug-likeness (QED) is 0.554. The summed E-state index contributed by atoms with van der Waals surface area (Å²) < 4.78 is 26.7. The summed E-state index contributed by atoms with van der Waals surface area (Å²) in [5, 5.41) is 2.90. The third-order valence-electron chi connectivity index (χ3n) is 5.73. The molecule has 0 unspecified atom stereocenters. The van der Waals surface area contributed by atoms with E-state index in [1.54, 1.807) is 6.07 Å². The monoisotopic (exact) mass is 487 g/mol. The fourth-order valence-electron chi connectivity index (χ4n) is 3.85. The lowest BCUT2D eigenvalue weighted by Gasteiger charge is -2.34. The second-order valence-electron chi connectivity index (χ2n) is 9.10. The van der Waals surface area contributed by atoms with Gasteiger partial charge in [-0.25, -0.2) is 8.42 Å². The summed E-state index contributed by atoms with van der Waals surface area (Å²) in [6.07, 6.45) is 1.50. The molecule has 2 rings (SSSR count). The highest BCUT2D eigenvalue weighted by Gasteiger charge is 2.32. The van der Waals surface area contributed by atoms with E-state index in [0.717, 1.165) is 32.8 Å². The van der Waals surface area contributed by atoms with Gasteiger partial charge in [0.15, 0.2) is 0 Å². The van der Waals surface area contributed by atoms with Crippen LogP contribution in [0.3, 0.4) is 0 Å². The maximum atomic E-state index is 13.7. The second kappa shape index (κ2) is 11.5. The van der Waals surface area contributed by atoms with E-state index in [1.807, 2.05) is 77.9 Å². The minimum absolute atomic E-state index is 0.0839. The Balaban J connectivity index is 2.50. The summed E-state index contributed by atoms with van der Waals surface area (Å²) in [5.41, 5.74) is 4.00. The predicted molar refractivity (Wildman–Crippen MR) is 137 cm³/mol. The number of carbonyl (C=O) groups is 2. The van der Waals surface area contributed by atoms with Crippen LogP contribution >= 0.6 is 0 Å². The maximum Gasteiger partial charge on any atom is 0.244 e. The van der Waals surface area contributed by atoms with Gasteiger partial charge in [-0.15, -0.1) is 0 Å². The van der Waals surface area contributed by atoms with Crippen LogP contribution < -0.4 is 9.62 Å². The molecule has 0 spiro atoms. The van der Waals surface area contributed by atoms with Crippen LogP contribution in [0.15, 0.2) is 42.5 Å². The van der Waals surface area contributed by atoms with E-state index in [2.05, 4.69) is 5.32 Å². The van der Waals surface area contributed by atoms with E-state index in [0.29, 0.717) is 12.1 Å². The van der Waals surface area contributed by atoms with Crippen molar-refractivity contribution in [3.05, 3.63) is 64.7 Å². The molecule has 34 heavy (non-hydrogen) atoms. The van der Waals surface area contributed by atoms with Gasteiger partial charge in [-0.1, -0.05) is 43.3 Å². The molecule has 8 heteroatoms. The van der Waals surface area contributed by atoms with Crippen molar-refractivity contribution >= 4 is 27.5 Å². The molecular formula is C26H37N3O4S. The molecule has 2 aromatic rings. The number of hydrogen-bond acceptors (Lipinski definition) is 4. The lowest BCUT2D eigenvalue weighted by molar-refractivity contribution is -0.140. The first-order valence-corrected chi connectivity index (χ1v) is 13.4. The van der Waals surface area contributed by atoms with Crippen molar-refractivity contribution < 1.29 is 18.0 Å². The molecule has 2 amide bonds. The molecule has 1 atom stereocenters. The van der Waals surface area contributed by atoms with Crippen LogP contribution in [-0.2, 0) is 26.2 Å². The molecular weight excluding hydrogens is 450 g/mol. The number of benzene rings is 2. The lowest BCUT2D eigenvalue weighted by atomic mass is 10.1. The highest BCUT2D eigenvalue weighted by atomic mass is 32.2. The van der Waals surface area contributed by atoms with E-state index in [9.17, 15) is 18.0 Å². The Morgan fingerprint density at radius 1 is 1.00 bits per heavy atom. The highest BCUT2D eigenvalue weighted by molar-refractivity contribution is 7.92. The summed E-state index contributed by atoms with van der Waals surface area (Å²) in [7, 11) is -3.75. The standard InChI is InChI=1S/C26H37N3O4S/c1-8-23(26(31)27-18(2)3)28(16-22-12-10-9-11-20(22)5)25(30)17-29(34(7,32)33)24-15-19(4)13-14-21(24)6/h9-15,18,23H,8,16-17H2,1-7H3,(H,27,31)/t23-/m1/s1. The zero-order valence-corrected chi connectivity index (χ0v) is 22.1. The number of carbonyl (C=O) groups excluding carboxylic acids is 2. The SMILES string of the molecule is CC[C@H](C(=O)NC(C)C)N(Cc1ccccc1C)C(=O)CN(c1cc(C)ccc1C)S(C)(=O)=O. The topological polar surface area (TPSA) is 86.8 Å². The summed E-state index contributed by atoms with van der Waals surface area (Å²) in [5.74, 6) is -0.683. The van der Waals surface area contributed by atoms with Crippen LogP contribution in [-0.4, -0.2) is 50.0 Å². The summed E-state index contributed by atoms with van der Waals surface area (Å²) in [4.78, 5) is 28.2. The number of rotatable bonds is 10. The van der Waals surface area contributed by atoms with Gasteiger partial charge in [0.25, 0.3) is 0 Å². The smallest absolute Gasteiger partial charge is 0.244 e. The normalized spacial score (nSPS) is 12.4. The van der Waals surface area contributed by atoms with Gasteiger partial charge < -0.3 is 10.2 Å². The van der Waals surface area contributed by atoms with Crippen LogP contribution in [0.2, 0.25) is 0 Å². The number of amides is 2. The van der Waals surface area contributed by atoms with Crippen molar-refractivity contribution in [3.63, 3.8) is 0 Å². The molecule has 7 nitrogen and oxygen atoms in total. The van der Waals surface area contributed by atoms with Crippen LogP contribution in [0, 0.1) is 20.8 Å². The number of nitrogens with zero attached hydrogens (tertiary/aromatic N) is 2. The Labute approximate surface area is 204 Å². The van der Waals surface area contributed by atoms with E-state index < -0.39 is 22.0 Å². The Kier molecular flexibility index (Phi) is 9.27. The summed E-state index contributed by atoms with van der Waals surface area (Å²) in [6, 6.07) is 12.4. The first-order chi connectivity index (χ1) is 15.8. The number of anilines is 1. The zero-order chi connectivity index (χ0) is 25.6. The third kappa shape index (κ3) is 7.06. The molecule has 186 valence electrons. The van der Waals surface area contributed by atoms with Gasteiger partial charge in [-0.2, -0.15) is 0 Å². The van der Waals surface area contributed by atoms with Gasteiger partial charge >= 0.3 is 0 Å². The van der Waals surface area contributed by atoms with Gasteiger partial charge in [-0.3, -0.25) is 13.9 Å². The average molecular weight is 488 g/mol. The van der Waals surface area contributed by atoms with Crippen molar-refractivity contribution in [2.75, 3.05) is 17.1 Å². The molecule has 0 radical (unpaired) electrons. The number of aryl methyl sites for hydroxylation is 3. The fraction of sp³-hybridized carbons (Fsp3) is 0.462. The molecule has 1 N–H and O–H groups in total. The molecule has 0 aliphatic heterocycles. The van der Waals surface area contributed by atoms with Crippen LogP contribution in [0.4, 0.5) is 5.69 Å². The third-order valence-corrected chi connectivity index (χ3v) is 6.86. The summed E-state index contributed by atoms with van der Waals surface area (Å²) in [6.45, 7) is 11.0. The second-order valence-corrected chi connectivity index (χ2v) is 11.0. The molecule has 0 aliphatic carbocycles. The fourth-order valence-corrected chi connectivity index (χ4v) is 4.75. The molecule has 0 aromatic heterocycles. The molecule has 0 saturated heterocycles. The van der Waals surface area contributed by atoms with Gasteiger partial charge in [-0.05, 0) is 69.4 Å². The largest absolute Gasteiger partial charge is 0.352 e. The van der Waals surface area contributed by atoms with E-state index >= 15 is 0 Å². The Morgan fingerprint density at radius 2 is 1.65 bits per heavy atom. The van der Waals surface area contributed by atoms with Crippen molar-refractivity contribution in [3.8, 4) is 0 Å². The Bertz CT molecular complexity index is 1130. The van der Waals surface area contributed by atoms with Crippen molar-refractivity contribution in [2.45, 2.75) is 66.6 Å². The molecule has 0 bridgehead atoms. The first kappa shape index (κ1) is 27.4. The van der Waals surface area contributed by atoms with Gasteiger partial charge in [0.1, 0.15) is 12.6 Å². The van der Waals surface area contributed by atoms with Crippen LogP contribution in [0.25, 0.3) is 0 Å². The van der Waals surface area contributed by atoms with Crippen LogP contribution in [0.5, 0.6) is 0 Å². The van der Waals surface area contributed by atoms with Gasteiger partial charge in [0.2, 0.25) is 21.8 Å². The van der Waals surface area contributed by atoms with Crippen molar-refractivity contribution in [2.24, 2.45) is 0 Å². The number of hydrogen-bond donors (Lipinski definition) is 1. The first-order valence-electron chi connectivity index (χ1n) is 11.5. The number of sulfonamides is 1. The Hall–Kier alpha value is -2.87. The van der Waals surface area contributed by atoms with E-state index in [1.165, 1.54) is 4.90 Å². The molecule has 0 heterocycles.